The van der Waals surface area contributed by atoms with E-state index in [0.29, 0.717) is 11.7 Å². The van der Waals surface area contributed by atoms with Gasteiger partial charge >= 0.3 is 0 Å². The third-order valence-corrected chi connectivity index (χ3v) is 2.55. The van der Waals surface area contributed by atoms with Gasteiger partial charge in [0.25, 0.3) is 0 Å². The van der Waals surface area contributed by atoms with Crippen LogP contribution in [0.15, 0.2) is 12.3 Å². The molecule has 1 aromatic rings. The standard InChI is InChI=1S/C9H12N2O/c1-6(12)7-5-8(7)9-3-4-10-11(9)2/h3-4,7-8H,5H2,1-2H3. The molecule has 2 unspecified atom stereocenters. The van der Waals surface area contributed by atoms with Crippen molar-refractivity contribution in [1.29, 1.82) is 0 Å². The minimum absolute atomic E-state index is 0.264. The lowest BCUT2D eigenvalue weighted by molar-refractivity contribution is -0.118. The van der Waals surface area contributed by atoms with E-state index in [1.165, 1.54) is 5.69 Å². The molecule has 12 heavy (non-hydrogen) atoms. The molecule has 0 aliphatic heterocycles. The maximum atomic E-state index is 11.0. The van der Waals surface area contributed by atoms with Crippen LogP contribution < -0.4 is 0 Å². The predicted molar refractivity (Wildman–Crippen MR) is 44.7 cm³/mol. The number of aryl methyl sites for hydroxylation is 1. The first kappa shape index (κ1) is 7.53. The second-order valence-electron chi connectivity index (χ2n) is 3.44. The van der Waals surface area contributed by atoms with Gasteiger partial charge in [-0.3, -0.25) is 9.48 Å². The van der Waals surface area contributed by atoms with Gasteiger partial charge in [0.1, 0.15) is 5.78 Å². The molecule has 1 aliphatic carbocycles. The Kier molecular flexibility index (Phi) is 1.53. The third kappa shape index (κ3) is 1.05. The summed E-state index contributed by atoms with van der Waals surface area (Å²) >= 11 is 0. The van der Waals surface area contributed by atoms with Crippen molar-refractivity contribution < 1.29 is 4.79 Å². The number of hydrogen-bond donors (Lipinski definition) is 0. The van der Waals surface area contributed by atoms with Gasteiger partial charge in [0, 0.05) is 30.8 Å². The summed E-state index contributed by atoms with van der Waals surface area (Å²) in [5.74, 6) is 1.01. The van der Waals surface area contributed by atoms with Gasteiger partial charge in [-0.15, -0.1) is 0 Å². The van der Waals surface area contributed by atoms with Crippen LogP contribution in [0.5, 0.6) is 0 Å². The largest absolute Gasteiger partial charge is 0.300 e. The molecule has 0 amide bonds. The number of Topliss-reactive ketones (excluding diaryl/α,β-unsaturated/α-hetero) is 1. The molecule has 64 valence electrons. The number of nitrogens with zero attached hydrogens (tertiary/aromatic N) is 2. The summed E-state index contributed by atoms with van der Waals surface area (Å²) < 4.78 is 1.85. The van der Waals surface area contributed by atoms with Crippen molar-refractivity contribution in [1.82, 2.24) is 9.78 Å². The van der Waals surface area contributed by atoms with Crippen molar-refractivity contribution in [2.45, 2.75) is 19.3 Å². The van der Waals surface area contributed by atoms with E-state index in [4.69, 9.17) is 0 Å². The highest BCUT2D eigenvalue weighted by atomic mass is 16.1. The Balaban J connectivity index is 2.15. The van der Waals surface area contributed by atoms with Crippen LogP contribution in [0, 0.1) is 5.92 Å². The topological polar surface area (TPSA) is 34.9 Å². The molecule has 3 heteroatoms. The lowest BCUT2D eigenvalue weighted by Crippen LogP contribution is -2.00. The smallest absolute Gasteiger partial charge is 0.133 e. The fourth-order valence-electron chi connectivity index (χ4n) is 1.72. The minimum atomic E-state index is 0.264. The minimum Gasteiger partial charge on any atom is -0.300 e. The van der Waals surface area contributed by atoms with E-state index in [1.807, 2.05) is 17.8 Å². The number of ketones is 1. The van der Waals surface area contributed by atoms with Gasteiger partial charge < -0.3 is 0 Å². The van der Waals surface area contributed by atoms with Crippen LogP contribution >= 0.6 is 0 Å². The quantitative estimate of drug-likeness (QED) is 0.656. The third-order valence-electron chi connectivity index (χ3n) is 2.55. The first-order valence-electron chi connectivity index (χ1n) is 4.18. The molecular weight excluding hydrogens is 152 g/mol. The van der Waals surface area contributed by atoms with E-state index in [2.05, 4.69) is 5.10 Å². The number of carbonyl (C=O) groups is 1. The van der Waals surface area contributed by atoms with Gasteiger partial charge in [0.15, 0.2) is 0 Å². The zero-order valence-corrected chi connectivity index (χ0v) is 7.32. The maximum absolute atomic E-state index is 11.0. The predicted octanol–water partition coefficient (Wildman–Crippen LogP) is 1.11. The van der Waals surface area contributed by atoms with E-state index >= 15 is 0 Å². The van der Waals surface area contributed by atoms with Crippen LogP contribution in [0.3, 0.4) is 0 Å². The molecule has 0 aromatic carbocycles. The summed E-state index contributed by atoms with van der Waals surface area (Å²) in [5, 5.41) is 4.08. The molecule has 0 bridgehead atoms. The second kappa shape index (κ2) is 2.44. The Morgan fingerprint density at radius 3 is 2.92 bits per heavy atom. The van der Waals surface area contributed by atoms with Crippen LogP contribution in [-0.2, 0) is 11.8 Å². The molecule has 1 heterocycles. The fourth-order valence-corrected chi connectivity index (χ4v) is 1.72. The highest BCUT2D eigenvalue weighted by molar-refractivity contribution is 5.82. The van der Waals surface area contributed by atoms with Crippen LogP contribution in [0.2, 0.25) is 0 Å². The van der Waals surface area contributed by atoms with Crippen LogP contribution in [0.25, 0.3) is 0 Å². The molecule has 2 atom stereocenters. The Bertz CT molecular complexity index is 316. The average Bonchev–Trinajstić information content (AvgIpc) is 2.70. The molecule has 0 saturated heterocycles. The van der Waals surface area contributed by atoms with Gasteiger partial charge in [-0.2, -0.15) is 5.10 Å². The van der Waals surface area contributed by atoms with Crippen LogP contribution in [-0.4, -0.2) is 15.6 Å². The van der Waals surface area contributed by atoms with Crippen molar-refractivity contribution in [3.63, 3.8) is 0 Å². The summed E-state index contributed by atoms with van der Waals surface area (Å²) in [6.45, 7) is 1.67. The zero-order valence-electron chi connectivity index (χ0n) is 7.32. The molecule has 0 N–H and O–H groups in total. The molecule has 0 radical (unpaired) electrons. The number of rotatable bonds is 2. The van der Waals surface area contributed by atoms with Crippen molar-refractivity contribution in [3.05, 3.63) is 18.0 Å². The monoisotopic (exact) mass is 164 g/mol. The lowest BCUT2D eigenvalue weighted by Gasteiger charge is -1.97. The van der Waals surface area contributed by atoms with Gasteiger partial charge in [-0.05, 0) is 19.4 Å². The van der Waals surface area contributed by atoms with E-state index in [0.717, 1.165) is 6.42 Å². The molecule has 1 aliphatic rings. The molecule has 1 saturated carbocycles. The number of carbonyl (C=O) groups excluding carboxylic acids is 1. The van der Waals surface area contributed by atoms with Crippen LogP contribution in [0.1, 0.15) is 25.0 Å². The second-order valence-corrected chi connectivity index (χ2v) is 3.44. The SMILES string of the molecule is CC(=O)C1CC1c1ccnn1C. The van der Waals surface area contributed by atoms with Crippen molar-refractivity contribution in [3.8, 4) is 0 Å². The van der Waals surface area contributed by atoms with E-state index in [9.17, 15) is 4.79 Å². The first-order valence-corrected chi connectivity index (χ1v) is 4.18. The molecule has 2 rings (SSSR count). The van der Waals surface area contributed by atoms with Crippen LogP contribution in [0.4, 0.5) is 0 Å². The number of aromatic nitrogens is 2. The molecule has 1 aromatic heterocycles. The zero-order chi connectivity index (χ0) is 8.72. The summed E-state index contributed by atoms with van der Waals surface area (Å²) in [6.07, 6.45) is 2.79. The summed E-state index contributed by atoms with van der Waals surface area (Å²) in [5.41, 5.74) is 1.19. The van der Waals surface area contributed by atoms with Crippen molar-refractivity contribution in [2.24, 2.45) is 13.0 Å². The van der Waals surface area contributed by atoms with Crippen molar-refractivity contribution >= 4 is 5.78 Å². The summed E-state index contributed by atoms with van der Waals surface area (Å²) in [6, 6.07) is 1.99. The highest BCUT2D eigenvalue weighted by Gasteiger charge is 2.43. The van der Waals surface area contributed by atoms with E-state index < -0.39 is 0 Å². The Morgan fingerprint density at radius 1 is 1.75 bits per heavy atom. The molecule has 1 fully saturated rings. The summed E-state index contributed by atoms with van der Waals surface area (Å²) in [7, 11) is 1.92. The molecule has 0 spiro atoms. The maximum Gasteiger partial charge on any atom is 0.133 e. The fraction of sp³-hybridized carbons (Fsp3) is 0.556. The Hall–Kier alpha value is -1.12. The normalized spacial score (nSPS) is 27.2. The van der Waals surface area contributed by atoms with Crippen molar-refractivity contribution in [2.75, 3.05) is 0 Å². The van der Waals surface area contributed by atoms with Gasteiger partial charge in [-0.1, -0.05) is 0 Å². The molecule has 3 nitrogen and oxygen atoms in total. The first-order chi connectivity index (χ1) is 5.70. The highest BCUT2D eigenvalue weighted by Crippen LogP contribution is 2.47. The van der Waals surface area contributed by atoms with Gasteiger partial charge in [-0.25, -0.2) is 0 Å². The number of hydrogen-bond acceptors (Lipinski definition) is 2. The lowest BCUT2D eigenvalue weighted by atomic mass is 10.2. The Labute approximate surface area is 71.4 Å². The Morgan fingerprint density at radius 2 is 2.50 bits per heavy atom. The molecular formula is C9H12N2O. The van der Waals surface area contributed by atoms with Gasteiger partial charge in [0.05, 0.1) is 0 Å². The van der Waals surface area contributed by atoms with Gasteiger partial charge in [0.2, 0.25) is 0 Å². The average molecular weight is 164 g/mol. The van der Waals surface area contributed by atoms with E-state index in [1.54, 1.807) is 13.1 Å². The summed E-state index contributed by atoms with van der Waals surface area (Å²) in [4.78, 5) is 11.0. The van der Waals surface area contributed by atoms with E-state index in [-0.39, 0.29) is 5.92 Å².